The van der Waals surface area contributed by atoms with E-state index in [0.29, 0.717) is 18.4 Å². The Hall–Kier alpha value is -0.930. The summed E-state index contributed by atoms with van der Waals surface area (Å²) in [6.07, 6.45) is 0. The van der Waals surface area contributed by atoms with Gasteiger partial charge in [0.25, 0.3) is 0 Å². The van der Waals surface area contributed by atoms with Crippen molar-refractivity contribution in [3.63, 3.8) is 0 Å². The smallest absolute Gasteiger partial charge is 0.126 e. The maximum atomic E-state index is 13.1. The molecule has 1 aromatic rings. The first-order chi connectivity index (χ1) is 7.22. The summed E-state index contributed by atoms with van der Waals surface area (Å²) in [7, 11) is 0. The molecule has 3 N–H and O–H groups in total. The highest BCUT2D eigenvalue weighted by Gasteiger charge is 2.27. The zero-order valence-corrected chi connectivity index (χ0v) is 8.96. The van der Waals surface area contributed by atoms with E-state index in [0.717, 1.165) is 18.7 Å². The Morgan fingerprint density at radius 2 is 2.27 bits per heavy atom. The molecule has 1 aromatic carbocycles. The van der Waals surface area contributed by atoms with Crippen LogP contribution in [0.5, 0.6) is 0 Å². The van der Waals surface area contributed by atoms with Crippen molar-refractivity contribution in [1.29, 1.82) is 0 Å². The lowest BCUT2D eigenvalue weighted by atomic mass is 9.88. The van der Waals surface area contributed by atoms with E-state index in [4.69, 9.17) is 5.73 Å². The van der Waals surface area contributed by atoms with Crippen LogP contribution in [0.25, 0.3) is 0 Å². The van der Waals surface area contributed by atoms with Crippen LogP contribution < -0.4 is 11.1 Å². The fraction of sp³-hybridized carbons (Fsp3) is 0.500. The summed E-state index contributed by atoms with van der Waals surface area (Å²) >= 11 is 0. The van der Waals surface area contributed by atoms with Gasteiger partial charge in [0, 0.05) is 12.5 Å². The van der Waals surface area contributed by atoms with E-state index in [1.165, 1.54) is 5.56 Å². The third kappa shape index (κ3) is 2.03. The average Bonchev–Trinajstić information content (AvgIpc) is 2.70. The molecule has 0 saturated carbocycles. The number of halogens is 1. The summed E-state index contributed by atoms with van der Waals surface area (Å²) < 4.78 is 13.1. The maximum Gasteiger partial charge on any atom is 0.126 e. The molecule has 1 saturated heterocycles. The highest BCUT2D eigenvalue weighted by atomic mass is 19.1. The van der Waals surface area contributed by atoms with Crippen LogP contribution in [0.4, 0.5) is 4.39 Å². The van der Waals surface area contributed by atoms with Gasteiger partial charge in [-0.2, -0.15) is 0 Å². The van der Waals surface area contributed by atoms with E-state index in [2.05, 4.69) is 5.32 Å². The molecule has 0 radical (unpaired) electrons. The monoisotopic (exact) mass is 208 g/mol. The Balaban J connectivity index is 2.25. The molecule has 0 bridgehead atoms. The van der Waals surface area contributed by atoms with Gasteiger partial charge in [-0.05, 0) is 43.1 Å². The van der Waals surface area contributed by atoms with Crippen molar-refractivity contribution in [3.8, 4) is 0 Å². The van der Waals surface area contributed by atoms with Crippen molar-refractivity contribution < 1.29 is 4.39 Å². The molecule has 0 spiro atoms. The van der Waals surface area contributed by atoms with Gasteiger partial charge in [0.15, 0.2) is 0 Å². The average molecular weight is 208 g/mol. The van der Waals surface area contributed by atoms with Crippen LogP contribution in [-0.4, -0.2) is 19.6 Å². The second-order valence-electron chi connectivity index (χ2n) is 4.27. The van der Waals surface area contributed by atoms with E-state index < -0.39 is 0 Å². The topological polar surface area (TPSA) is 38.0 Å². The van der Waals surface area contributed by atoms with E-state index in [1.54, 1.807) is 13.0 Å². The van der Waals surface area contributed by atoms with Crippen molar-refractivity contribution in [2.75, 3.05) is 19.6 Å². The zero-order valence-electron chi connectivity index (χ0n) is 8.96. The SMILES string of the molecule is Cc1cc(C2CNCC2CN)ccc1F. The van der Waals surface area contributed by atoms with E-state index >= 15 is 0 Å². The van der Waals surface area contributed by atoms with Crippen molar-refractivity contribution >= 4 is 0 Å². The second-order valence-corrected chi connectivity index (χ2v) is 4.27. The molecule has 82 valence electrons. The van der Waals surface area contributed by atoms with Crippen LogP contribution in [0.15, 0.2) is 18.2 Å². The third-order valence-corrected chi connectivity index (χ3v) is 3.25. The highest BCUT2D eigenvalue weighted by molar-refractivity contribution is 5.28. The first-order valence-electron chi connectivity index (χ1n) is 5.39. The van der Waals surface area contributed by atoms with Gasteiger partial charge in [-0.3, -0.25) is 0 Å². The van der Waals surface area contributed by atoms with Gasteiger partial charge in [0.2, 0.25) is 0 Å². The molecule has 3 heteroatoms. The molecule has 2 nitrogen and oxygen atoms in total. The number of hydrogen-bond donors (Lipinski definition) is 2. The normalized spacial score (nSPS) is 25.8. The van der Waals surface area contributed by atoms with Crippen LogP contribution in [0, 0.1) is 18.7 Å². The van der Waals surface area contributed by atoms with Gasteiger partial charge >= 0.3 is 0 Å². The molecule has 2 rings (SSSR count). The molecule has 2 unspecified atom stereocenters. The lowest BCUT2D eigenvalue weighted by Gasteiger charge is -2.17. The molecule has 2 atom stereocenters. The minimum atomic E-state index is -0.131. The molecular weight excluding hydrogens is 191 g/mol. The first-order valence-corrected chi connectivity index (χ1v) is 5.39. The largest absolute Gasteiger partial charge is 0.330 e. The molecule has 15 heavy (non-hydrogen) atoms. The number of rotatable bonds is 2. The Bertz CT molecular complexity index is 351. The Kier molecular flexibility index (Phi) is 3.03. The van der Waals surface area contributed by atoms with Crippen molar-refractivity contribution in [2.24, 2.45) is 11.7 Å². The van der Waals surface area contributed by atoms with Gasteiger partial charge in [-0.15, -0.1) is 0 Å². The summed E-state index contributed by atoms with van der Waals surface area (Å²) in [5, 5.41) is 3.33. The predicted molar refractivity (Wildman–Crippen MR) is 59.3 cm³/mol. The predicted octanol–water partition coefficient (Wildman–Crippen LogP) is 1.40. The van der Waals surface area contributed by atoms with Crippen molar-refractivity contribution in [3.05, 3.63) is 35.1 Å². The Labute approximate surface area is 89.7 Å². The molecular formula is C12H17FN2. The van der Waals surface area contributed by atoms with Crippen LogP contribution >= 0.6 is 0 Å². The summed E-state index contributed by atoms with van der Waals surface area (Å²) in [4.78, 5) is 0. The van der Waals surface area contributed by atoms with Gasteiger partial charge in [0.05, 0.1) is 0 Å². The van der Waals surface area contributed by atoms with E-state index in [-0.39, 0.29) is 5.82 Å². The number of nitrogens with two attached hydrogens (primary N) is 1. The van der Waals surface area contributed by atoms with Crippen LogP contribution in [0.3, 0.4) is 0 Å². The molecule has 1 aliphatic heterocycles. The number of hydrogen-bond acceptors (Lipinski definition) is 2. The molecule has 1 heterocycles. The summed E-state index contributed by atoms with van der Waals surface area (Å²) in [5.41, 5.74) is 7.64. The maximum absolute atomic E-state index is 13.1. The van der Waals surface area contributed by atoms with Crippen molar-refractivity contribution in [1.82, 2.24) is 5.32 Å². The standard InChI is InChI=1S/C12H17FN2/c1-8-4-9(2-3-12(8)13)11-7-15-6-10(11)5-14/h2-4,10-11,15H,5-7,14H2,1H3. The second kappa shape index (κ2) is 4.29. The number of nitrogens with one attached hydrogen (secondary N) is 1. The van der Waals surface area contributed by atoms with E-state index in [1.807, 2.05) is 12.1 Å². The zero-order chi connectivity index (χ0) is 10.8. The quantitative estimate of drug-likeness (QED) is 0.771. The molecule has 1 fully saturated rings. The minimum Gasteiger partial charge on any atom is -0.330 e. The molecule has 1 aliphatic rings. The Morgan fingerprint density at radius 1 is 1.47 bits per heavy atom. The lowest BCUT2D eigenvalue weighted by molar-refractivity contribution is 0.529. The Morgan fingerprint density at radius 3 is 2.93 bits per heavy atom. The van der Waals surface area contributed by atoms with Gasteiger partial charge < -0.3 is 11.1 Å². The highest BCUT2D eigenvalue weighted by Crippen LogP contribution is 2.28. The summed E-state index contributed by atoms with van der Waals surface area (Å²) in [6.45, 7) is 4.41. The van der Waals surface area contributed by atoms with Gasteiger partial charge in [-0.25, -0.2) is 4.39 Å². The van der Waals surface area contributed by atoms with Crippen LogP contribution in [-0.2, 0) is 0 Å². The van der Waals surface area contributed by atoms with Crippen LogP contribution in [0.1, 0.15) is 17.0 Å². The fourth-order valence-corrected chi connectivity index (χ4v) is 2.27. The number of benzene rings is 1. The first kappa shape index (κ1) is 10.6. The van der Waals surface area contributed by atoms with Gasteiger partial charge in [0.1, 0.15) is 5.82 Å². The summed E-state index contributed by atoms with van der Waals surface area (Å²) in [6, 6.07) is 5.37. The van der Waals surface area contributed by atoms with E-state index in [9.17, 15) is 4.39 Å². The molecule has 0 aliphatic carbocycles. The summed E-state index contributed by atoms with van der Waals surface area (Å²) in [5.74, 6) is 0.790. The number of aryl methyl sites for hydroxylation is 1. The fourth-order valence-electron chi connectivity index (χ4n) is 2.27. The minimum absolute atomic E-state index is 0.131. The van der Waals surface area contributed by atoms with Crippen molar-refractivity contribution in [2.45, 2.75) is 12.8 Å². The van der Waals surface area contributed by atoms with Crippen LogP contribution in [0.2, 0.25) is 0 Å². The lowest BCUT2D eigenvalue weighted by Crippen LogP contribution is -2.21. The van der Waals surface area contributed by atoms with Gasteiger partial charge in [-0.1, -0.05) is 12.1 Å². The molecule has 0 aromatic heterocycles. The third-order valence-electron chi connectivity index (χ3n) is 3.25. The molecule has 0 amide bonds.